The number of hydrogen-bond acceptors (Lipinski definition) is 4. The number of nitrogens with zero attached hydrogens (tertiary/aromatic N) is 1. The average molecular weight is 284 g/mol. The molecule has 1 heterocycles. The van der Waals surface area contributed by atoms with Gasteiger partial charge in [-0.2, -0.15) is 0 Å². The van der Waals surface area contributed by atoms with Gasteiger partial charge in [-0.15, -0.1) is 0 Å². The van der Waals surface area contributed by atoms with Crippen molar-refractivity contribution < 1.29 is 14.6 Å². The van der Waals surface area contributed by atoms with Crippen LogP contribution in [-0.4, -0.2) is 24.4 Å². The molecule has 1 aliphatic heterocycles. The monoisotopic (exact) mass is 284 g/mol. The van der Waals surface area contributed by atoms with E-state index in [1.165, 1.54) is 0 Å². The quantitative estimate of drug-likeness (QED) is 0.906. The number of anilines is 2. The van der Waals surface area contributed by atoms with Crippen LogP contribution in [0.3, 0.4) is 0 Å². The molecule has 1 saturated heterocycles. The molecule has 2 N–H and O–H groups in total. The lowest BCUT2D eigenvalue weighted by molar-refractivity contribution is 0.181. The van der Waals surface area contributed by atoms with Crippen molar-refractivity contribution in [2.75, 3.05) is 23.4 Å². The molecular formula is C16H16N2O3. The van der Waals surface area contributed by atoms with Crippen molar-refractivity contribution in [2.45, 2.75) is 6.54 Å². The van der Waals surface area contributed by atoms with E-state index in [9.17, 15) is 9.90 Å². The number of aromatic hydroxyl groups is 1. The molecule has 0 aliphatic carbocycles. The Kier molecular flexibility index (Phi) is 3.64. The molecule has 0 unspecified atom stereocenters. The molecule has 108 valence electrons. The lowest BCUT2D eigenvalue weighted by Gasteiger charge is -2.14. The first-order valence-electron chi connectivity index (χ1n) is 6.78. The number of amides is 1. The van der Waals surface area contributed by atoms with Crippen LogP contribution in [0.1, 0.15) is 5.56 Å². The van der Waals surface area contributed by atoms with Gasteiger partial charge in [-0.3, -0.25) is 4.90 Å². The molecule has 3 rings (SSSR count). The minimum absolute atomic E-state index is 0.253. The summed E-state index contributed by atoms with van der Waals surface area (Å²) in [5, 5.41) is 12.7. The van der Waals surface area contributed by atoms with Crippen LogP contribution in [0.4, 0.5) is 16.2 Å². The first kappa shape index (κ1) is 13.3. The summed E-state index contributed by atoms with van der Waals surface area (Å²) in [5.74, 6) is 0.253. The summed E-state index contributed by atoms with van der Waals surface area (Å²) >= 11 is 0. The number of hydrogen-bond donors (Lipinski definition) is 2. The van der Waals surface area contributed by atoms with Crippen LogP contribution in [0.5, 0.6) is 5.75 Å². The Morgan fingerprint density at radius 2 is 2.05 bits per heavy atom. The van der Waals surface area contributed by atoms with Crippen LogP contribution >= 0.6 is 0 Å². The molecule has 1 aliphatic rings. The van der Waals surface area contributed by atoms with E-state index in [-0.39, 0.29) is 11.8 Å². The first-order valence-corrected chi connectivity index (χ1v) is 6.78. The molecule has 1 amide bonds. The number of phenolic OH excluding ortho intramolecular Hbond substituents is 1. The molecule has 0 spiro atoms. The summed E-state index contributed by atoms with van der Waals surface area (Å²) in [7, 11) is 0. The number of rotatable bonds is 4. The number of nitrogens with one attached hydrogen (secondary N) is 1. The van der Waals surface area contributed by atoms with Crippen molar-refractivity contribution in [1.82, 2.24) is 0 Å². The topological polar surface area (TPSA) is 61.8 Å². The van der Waals surface area contributed by atoms with Gasteiger partial charge in [0.05, 0.1) is 6.54 Å². The fourth-order valence-electron chi connectivity index (χ4n) is 2.28. The minimum atomic E-state index is -0.305. The van der Waals surface area contributed by atoms with Crippen LogP contribution in [0.15, 0.2) is 48.5 Å². The van der Waals surface area contributed by atoms with Gasteiger partial charge in [0.2, 0.25) is 0 Å². The van der Waals surface area contributed by atoms with E-state index in [0.29, 0.717) is 19.7 Å². The molecule has 5 nitrogen and oxygen atoms in total. The van der Waals surface area contributed by atoms with E-state index in [0.717, 1.165) is 16.9 Å². The summed E-state index contributed by atoms with van der Waals surface area (Å²) in [6.07, 6.45) is -0.305. The zero-order chi connectivity index (χ0) is 14.7. The van der Waals surface area contributed by atoms with Gasteiger partial charge in [0.1, 0.15) is 12.4 Å². The predicted molar refractivity (Wildman–Crippen MR) is 80.6 cm³/mol. The highest BCUT2D eigenvalue weighted by Crippen LogP contribution is 2.23. The van der Waals surface area contributed by atoms with Gasteiger partial charge >= 0.3 is 6.09 Å². The smallest absolute Gasteiger partial charge is 0.414 e. The van der Waals surface area contributed by atoms with Gasteiger partial charge in [-0.25, -0.2) is 4.79 Å². The Bertz CT molecular complexity index is 657. The standard InChI is InChI=1S/C16H16N2O3/c19-15-6-1-3-12(9-15)11-17-13-4-2-5-14(10-13)18-7-8-21-16(18)20/h1-6,9-10,17,19H,7-8,11H2. The highest BCUT2D eigenvalue weighted by Gasteiger charge is 2.23. The van der Waals surface area contributed by atoms with E-state index in [1.54, 1.807) is 17.0 Å². The molecule has 2 aromatic carbocycles. The van der Waals surface area contributed by atoms with Crippen LogP contribution in [-0.2, 0) is 11.3 Å². The maximum absolute atomic E-state index is 11.6. The van der Waals surface area contributed by atoms with Gasteiger partial charge in [-0.05, 0) is 35.9 Å². The second-order valence-corrected chi connectivity index (χ2v) is 4.84. The highest BCUT2D eigenvalue weighted by molar-refractivity contribution is 5.89. The molecule has 0 aromatic heterocycles. The number of cyclic esters (lactones) is 1. The van der Waals surface area contributed by atoms with Crippen molar-refractivity contribution in [1.29, 1.82) is 0 Å². The number of carbonyl (C=O) groups excluding carboxylic acids is 1. The molecule has 5 heteroatoms. The van der Waals surface area contributed by atoms with E-state index in [4.69, 9.17) is 4.74 Å². The number of carbonyl (C=O) groups is 1. The first-order chi connectivity index (χ1) is 10.2. The Hall–Kier alpha value is -2.69. The van der Waals surface area contributed by atoms with Crippen LogP contribution < -0.4 is 10.2 Å². The van der Waals surface area contributed by atoms with E-state index in [2.05, 4.69) is 5.32 Å². The molecular weight excluding hydrogens is 268 g/mol. The lowest BCUT2D eigenvalue weighted by atomic mass is 10.2. The zero-order valence-corrected chi connectivity index (χ0v) is 11.5. The van der Waals surface area contributed by atoms with E-state index < -0.39 is 0 Å². The molecule has 21 heavy (non-hydrogen) atoms. The maximum atomic E-state index is 11.6. The lowest BCUT2D eigenvalue weighted by Crippen LogP contribution is -2.23. The van der Waals surface area contributed by atoms with Gasteiger partial charge < -0.3 is 15.2 Å². The third-order valence-electron chi connectivity index (χ3n) is 3.33. The summed E-state index contributed by atoms with van der Waals surface area (Å²) in [6, 6.07) is 14.7. The molecule has 0 bridgehead atoms. The Morgan fingerprint density at radius 1 is 1.19 bits per heavy atom. The molecule has 0 atom stereocenters. The van der Waals surface area contributed by atoms with Crippen molar-refractivity contribution in [3.8, 4) is 5.75 Å². The number of phenols is 1. The summed E-state index contributed by atoms with van der Waals surface area (Å²) in [6.45, 7) is 1.61. The van der Waals surface area contributed by atoms with Crippen molar-refractivity contribution in [2.24, 2.45) is 0 Å². The largest absolute Gasteiger partial charge is 0.508 e. The van der Waals surface area contributed by atoms with E-state index >= 15 is 0 Å². The minimum Gasteiger partial charge on any atom is -0.508 e. The van der Waals surface area contributed by atoms with Crippen LogP contribution in [0.25, 0.3) is 0 Å². The molecule has 0 radical (unpaired) electrons. The van der Waals surface area contributed by atoms with Gasteiger partial charge in [-0.1, -0.05) is 18.2 Å². The second kappa shape index (κ2) is 5.75. The fraction of sp³-hybridized carbons (Fsp3) is 0.188. The van der Waals surface area contributed by atoms with Crippen molar-refractivity contribution in [3.05, 3.63) is 54.1 Å². The molecule has 0 saturated carbocycles. The zero-order valence-electron chi connectivity index (χ0n) is 11.5. The molecule has 1 fully saturated rings. The van der Waals surface area contributed by atoms with E-state index in [1.807, 2.05) is 36.4 Å². The third kappa shape index (κ3) is 3.08. The Morgan fingerprint density at radius 3 is 2.81 bits per heavy atom. The van der Waals surface area contributed by atoms with Gasteiger partial charge in [0.15, 0.2) is 0 Å². The van der Waals surface area contributed by atoms with Crippen molar-refractivity contribution >= 4 is 17.5 Å². The average Bonchev–Trinajstić information content (AvgIpc) is 2.92. The van der Waals surface area contributed by atoms with Crippen LogP contribution in [0.2, 0.25) is 0 Å². The maximum Gasteiger partial charge on any atom is 0.414 e. The van der Waals surface area contributed by atoms with Crippen LogP contribution in [0, 0.1) is 0 Å². The Balaban J connectivity index is 1.70. The van der Waals surface area contributed by atoms with Gasteiger partial charge in [0.25, 0.3) is 0 Å². The summed E-state index contributed by atoms with van der Waals surface area (Å²) in [4.78, 5) is 13.2. The summed E-state index contributed by atoms with van der Waals surface area (Å²) < 4.78 is 4.94. The highest BCUT2D eigenvalue weighted by atomic mass is 16.6. The Labute approximate surface area is 122 Å². The third-order valence-corrected chi connectivity index (χ3v) is 3.33. The SMILES string of the molecule is O=C1OCCN1c1cccc(NCc2cccc(O)c2)c1. The number of ether oxygens (including phenoxy) is 1. The summed E-state index contributed by atoms with van der Waals surface area (Å²) in [5.41, 5.74) is 2.72. The fourth-order valence-corrected chi connectivity index (χ4v) is 2.28. The van der Waals surface area contributed by atoms with Gasteiger partial charge in [0, 0.05) is 17.9 Å². The molecule has 2 aromatic rings. The predicted octanol–water partition coefficient (Wildman–Crippen LogP) is 2.96. The number of benzene rings is 2. The van der Waals surface area contributed by atoms with Crippen molar-refractivity contribution in [3.63, 3.8) is 0 Å². The second-order valence-electron chi connectivity index (χ2n) is 4.84. The normalized spacial score (nSPS) is 14.1.